The second-order valence-corrected chi connectivity index (χ2v) is 5.70. The fourth-order valence-electron chi connectivity index (χ4n) is 2.54. The van der Waals surface area contributed by atoms with Gasteiger partial charge in [0.1, 0.15) is 5.75 Å². The lowest BCUT2D eigenvalue weighted by Crippen LogP contribution is -2.40. The molecule has 0 aliphatic carbocycles. The zero-order valence-electron chi connectivity index (χ0n) is 12.5. The monoisotopic (exact) mass is 281 g/mol. The van der Waals surface area contributed by atoms with Gasteiger partial charge in [0.25, 0.3) is 5.82 Å². The number of nitrogens with one attached hydrogen (secondary N) is 1. The normalized spacial score (nSPS) is 11.2. The van der Waals surface area contributed by atoms with E-state index in [1.165, 1.54) is 5.52 Å². The number of imidazole rings is 1. The van der Waals surface area contributed by atoms with E-state index in [1.54, 1.807) is 0 Å². The minimum Gasteiger partial charge on any atom is -0.481 e. The molecule has 0 unspecified atom stereocenters. The van der Waals surface area contributed by atoms with Gasteiger partial charge in [0.2, 0.25) is 0 Å². The van der Waals surface area contributed by atoms with E-state index in [1.807, 2.05) is 30.3 Å². The van der Waals surface area contributed by atoms with Gasteiger partial charge in [-0.05, 0) is 30.2 Å². The summed E-state index contributed by atoms with van der Waals surface area (Å²) in [6.07, 6.45) is 0. The molecule has 3 aromatic rings. The third-order valence-electron chi connectivity index (χ3n) is 3.47. The summed E-state index contributed by atoms with van der Waals surface area (Å²) in [6.45, 7) is 6.00. The molecule has 0 aliphatic heterocycles. The van der Waals surface area contributed by atoms with E-state index in [-0.39, 0.29) is 0 Å². The summed E-state index contributed by atoms with van der Waals surface area (Å²) in [6, 6.07) is 18.3. The van der Waals surface area contributed by atoms with Crippen LogP contribution in [0.3, 0.4) is 0 Å². The van der Waals surface area contributed by atoms with Crippen LogP contribution < -0.4 is 9.30 Å². The quantitative estimate of drug-likeness (QED) is 0.710. The van der Waals surface area contributed by atoms with Gasteiger partial charge in [0.15, 0.2) is 17.6 Å². The second kappa shape index (κ2) is 6.00. The Labute approximate surface area is 125 Å². The molecule has 0 fully saturated rings. The Morgan fingerprint density at radius 1 is 1.00 bits per heavy atom. The van der Waals surface area contributed by atoms with E-state index in [2.05, 4.69) is 47.7 Å². The van der Waals surface area contributed by atoms with Crippen molar-refractivity contribution in [1.29, 1.82) is 0 Å². The largest absolute Gasteiger partial charge is 0.481 e. The molecule has 108 valence electrons. The lowest BCUT2D eigenvalue weighted by Gasteiger charge is -2.06. The molecule has 0 radical (unpaired) electrons. The summed E-state index contributed by atoms with van der Waals surface area (Å²) in [5, 5.41) is 0. The molecule has 21 heavy (non-hydrogen) atoms. The van der Waals surface area contributed by atoms with Crippen molar-refractivity contribution in [2.75, 3.05) is 0 Å². The Kier molecular flexibility index (Phi) is 3.91. The number of fused-ring (bicyclic) bond motifs is 1. The van der Waals surface area contributed by atoms with Crippen LogP contribution in [-0.2, 0) is 13.2 Å². The molecular formula is C18H21N2O+. The maximum atomic E-state index is 5.89. The van der Waals surface area contributed by atoms with Crippen molar-refractivity contribution in [3.8, 4) is 5.75 Å². The highest BCUT2D eigenvalue weighted by molar-refractivity contribution is 5.70. The van der Waals surface area contributed by atoms with Crippen molar-refractivity contribution in [2.45, 2.75) is 27.0 Å². The molecule has 0 saturated carbocycles. The van der Waals surface area contributed by atoms with E-state index < -0.39 is 0 Å². The van der Waals surface area contributed by atoms with Crippen molar-refractivity contribution in [1.82, 2.24) is 4.98 Å². The molecule has 2 aromatic carbocycles. The number of para-hydroxylation sites is 3. The van der Waals surface area contributed by atoms with Crippen molar-refractivity contribution in [3.05, 3.63) is 60.4 Å². The number of aromatic nitrogens is 2. The predicted octanol–water partition coefficient (Wildman–Crippen LogP) is 3.69. The van der Waals surface area contributed by atoms with Gasteiger partial charge in [-0.15, -0.1) is 0 Å². The molecule has 0 spiro atoms. The van der Waals surface area contributed by atoms with Crippen molar-refractivity contribution in [2.24, 2.45) is 5.92 Å². The third kappa shape index (κ3) is 3.07. The van der Waals surface area contributed by atoms with Crippen LogP contribution in [0.2, 0.25) is 0 Å². The van der Waals surface area contributed by atoms with Crippen molar-refractivity contribution in [3.63, 3.8) is 0 Å². The minimum atomic E-state index is 0.547. The van der Waals surface area contributed by atoms with Crippen LogP contribution in [0.1, 0.15) is 19.7 Å². The maximum absolute atomic E-state index is 5.89. The Bertz CT molecular complexity index is 716. The molecule has 0 amide bonds. The highest BCUT2D eigenvalue weighted by Gasteiger charge is 2.19. The van der Waals surface area contributed by atoms with Crippen LogP contribution in [0, 0.1) is 5.92 Å². The summed E-state index contributed by atoms with van der Waals surface area (Å²) in [5.41, 5.74) is 2.39. The summed E-state index contributed by atoms with van der Waals surface area (Å²) in [5.74, 6) is 2.59. The molecule has 3 rings (SSSR count). The Morgan fingerprint density at radius 2 is 1.71 bits per heavy atom. The van der Waals surface area contributed by atoms with Gasteiger partial charge in [0, 0.05) is 0 Å². The van der Waals surface area contributed by atoms with Crippen LogP contribution >= 0.6 is 0 Å². The number of aromatic amines is 1. The topological polar surface area (TPSA) is 28.9 Å². The molecule has 1 aromatic heterocycles. The molecule has 0 bridgehead atoms. The highest BCUT2D eigenvalue weighted by atomic mass is 16.5. The average Bonchev–Trinajstić information content (AvgIpc) is 2.84. The van der Waals surface area contributed by atoms with E-state index in [4.69, 9.17) is 4.74 Å². The molecule has 0 atom stereocenters. The van der Waals surface area contributed by atoms with Gasteiger partial charge in [-0.2, -0.15) is 0 Å². The van der Waals surface area contributed by atoms with Gasteiger partial charge >= 0.3 is 0 Å². The van der Waals surface area contributed by atoms with E-state index in [0.29, 0.717) is 12.5 Å². The number of nitrogens with zero attached hydrogens (tertiary/aromatic N) is 1. The van der Waals surface area contributed by atoms with Crippen LogP contribution in [0.15, 0.2) is 54.6 Å². The van der Waals surface area contributed by atoms with E-state index in [0.717, 1.165) is 23.6 Å². The molecule has 3 heteroatoms. The lowest BCUT2D eigenvalue weighted by molar-refractivity contribution is -0.685. The van der Waals surface area contributed by atoms with Gasteiger partial charge in [-0.3, -0.25) is 0 Å². The molecule has 1 N–H and O–H groups in total. The second-order valence-electron chi connectivity index (χ2n) is 5.70. The van der Waals surface area contributed by atoms with Crippen LogP contribution in [0.5, 0.6) is 5.75 Å². The molecule has 0 saturated heterocycles. The molecule has 1 heterocycles. The first-order valence-electron chi connectivity index (χ1n) is 7.41. The molecule has 0 aliphatic rings. The van der Waals surface area contributed by atoms with Gasteiger partial charge < -0.3 is 4.74 Å². The first-order chi connectivity index (χ1) is 10.2. The number of ether oxygens (including phenoxy) is 1. The van der Waals surface area contributed by atoms with E-state index >= 15 is 0 Å². The van der Waals surface area contributed by atoms with Crippen LogP contribution in [0.25, 0.3) is 11.0 Å². The number of H-pyrrole nitrogens is 1. The SMILES string of the molecule is CC(C)C[n+]1c(COc2ccccc2)[nH]c2ccccc21. The number of hydrogen-bond acceptors (Lipinski definition) is 1. The van der Waals surface area contributed by atoms with Crippen LogP contribution in [-0.4, -0.2) is 4.98 Å². The summed E-state index contributed by atoms with van der Waals surface area (Å²) in [7, 11) is 0. The van der Waals surface area contributed by atoms with Gasteiger partial charge in [0.05, 0.1) is 6.54 Å². The van der Waals surface area contributed by atoms with Crippen molar-refractivity contribution < 1.29 is 9.30 Å². The molecule has 3 nitrogen and oxygen atoms in total. The standard InChI is InChI=1S/C18H20N2O/c1-14(2)12-20-17-11-7-6-10-16(17)19-18(20)13-21-15-8-4-3-5-9-15/h3-11,14H,12-13H2,1-2H3/p+1. The number of hydrogen-bond donors (Lipinski definition) is 1. The third-order valence-corrected chi connectivity index (χ3v) is 3.47. The zero-order chi connectivity index (χ0) is 14.7. The fraction of sp³-hybridized carbons (Fsp3) is 0.278. The first-order valence-corrected chi connectivity index (χ1v) is 7.41. The zero-order valence-corrected chi connectivity index (χ0v) is 12.5. The first kappa shape index (κ1) is 13.7. The lowest BCUT2D eigenvalue weighted by atomic mass is 10.2. The Morgan fingerprint density at radius 3 is 2.48 bits per heavy atom. The van der Waals surface area contributed by atoms with Crippen molar-refractivity contribution >= 4 is 11.0 Å². The summed E-state index contributed by atoms with van der Waals surface area (Å²) < 4.78 is 8.21. The van der Waals surface area contributed by atoms with Gasteiger partial charge in [-0.1, -0.05) is 44.2 Å². The fourth-order valence-corrected chi connectivity index (χ4v) is 2.54. The Hall–Kier alpha value is -2.29. The maximum Gasteiger partial charge on any atom is 0.293 e. The predicted molar refractivity (Wildman–Crippen MR) is 84.1 cm³/mol. The van der Waals surface area contributed by atoms with E-state index in [9.17, 15) is 0 Å². The number of benzene rings is 2. The minimum absolute atomic E-state index is 0.547. The highest BCUT2D eigenvalue weighted by Crippen LogP contribution is 2.13. The molecular weight excluding hydrogens is 260 g/mol. The smallest absolute Gasteiger partial charge is 0.293 e. The summed E-state index contributed by atoms with van der Waals surface area (Å²) in [4.78, 5) is 3.48. The average molecular weight is 281 g/mol. The number of rotatable bonds is 5. The Balaban J connectivity index is 1.89. The van der Waals surface area contributed by atoms with Gasteiger partial charge in [-0.25, -0.2) is 9.55 Å². The van der Waals surface area contributed by atoms with Crippen LogP contribution in [0.4, 0.5) is 0 Å². The summed E-state index contributed by atoms with van der Waals surface area (Å²) >= 11 is 0.